The van der Waals surface area contributed by atoms with E-state index in [1.165, 1.54) is 5.01 Å². The van der Waals surface area contributed by atoms with E-state index in [9.17, 15) is 14.4 Å². The lowest BCUT2D eigenvalue weighted by Gasteiger charge is -2.32. The van der Waals surface area contributed by atoms with Gasteiger partial charge in [0.15, 0.2) is 5.82 Å². The molecule has 2 N–H and O–H groups in total. The van der Waals surface area contributed by atoms with Gasteiger partial charge in [-0.3, -0.25) is 24.8 Å². The minimum Gasteiger partial charge on any atom is -0.460 e. The smallest absolute Gasteiger partial charge is 0.310 e. The number of carbonyl (C=O) groups is 3. The summed E-state index contributed by atoms with van der Waals surface area (Å²) in [5.74, 6) is -2.20. The standard InChI is InChI=1S/C28H42N6O4/c1-19(2)16-23(26(36)31-34(18-20(3)4)25(35)17-24-29-32-33-30-24)22(27(37)38-28(5,6)7)15-11-14-21-12-9-8-10-13-21/h8-14,19-20,22-23H,15-18H2,1-7H3,(H,31,36)(H,29,30,32,33)/b14-11+/t22-,23+/m0/s1. The maximum Gasteiger partial charge on any atom is 0.310 e. The molecule has 208 valence electrons. The summed E-state index contributed by atoms with van der Waals surface area (Å²) in [5.41, 5.74) is 3.09. The highest BCUT2D eigenvalue weighted by atomic mass is 16.6. The number of tetrazole rings is 1. The van der Waals surface area contributed by atoms with Crippen LogP contribution >= 0.6 is 0 Å². The van der Waals surface area contributed by atoms with Crippen LogP contribution in [0.25, 0.3) is 6.08 Å². The van der Waals surface area contributed by atoms with Crippen molar-refractivity contribution in [3.63, 3.8) is 0 Å². The maximum atomic E-state index is 13.7. The van der Waals surface area contributed by atoms with Crippen molar-refractivity contribution in [3.05, 3.63) is 47.8 Å². The molecule has 2 amide bonds. The second-order valence-electron chi connectivity index (χ2n) is 11.3. The third-order valence-electron chi connectivity index (χ3n) is 5.55. The normalized spacial score (nSPS) is 13.5. The SMILES string of the molecule is CC(C)C[C@@H](C(=O)NN(CC(C)C)C(=O)Cc1nn[nH]n1)[C@H](C/C=C/c1ccccc1)C(=O)OC(C)(C)C. The molecule has 1 aromatic heterocycles. The molecule has 10 heteroatoms. The Kier molecular flexibility index (Phi) is 11.6. The molecule has 0 bridgehead atoms. The van der Waals surface area contributed by atoms with Crippen molar-refractivity contribution in [2.24, 2.45) is 23.7 Å². The molecule has 0 saturated heterocycles. The van der Waals surface area contributed by atoms with E-state index in [1.807, 2.05) is 70.2 Å². The second-order valence-corrected chi connectivity index (χ2v) is 11.3. The van der Waals surface area contributed by atoms with Crippen LogP contribution in [-0.4, -0.2) is 55.6 Å². The van der Waals surface area contributed by atoms with Gasteiger partial charge < -0.3 is 4.74 Å². The molecule has 38 heavy (non-hydrogen) atoms. The quantitative estimate of drug-likeness (QED) is 0.316. The molecule has 0 aliphatic rings. The van der Waals surface area contributed by atoms with Crippen LogP contribution in [0.5, 0.6) is 0 Å². The number of hydrogen-bond donors (Lipinski definition) is 2. The number of amides is 2. The summed E-state index contributed by atoms with van der Waals surface area (Å²) in [4.78, 5) is 40.2. The summed E-state index contributed by atoms with van der Waals surface area (Å²) in [7, 11) is 0. The van der Waals surface area contributed by atoms with E-state index in [0.717, 1.165) is 5.56 Å². The fraction of sp³-hybridized carbons (Fsp3) is 0.571. The Morgan fingerprint density at radius 2 is 1.74 bits per heavy atom. The summed E-state index contributed by atoms with van der Waals surface area (Å²) in [5, 5.41) is 14.8. The largest absolute Gasteiger partial charge is 0.460 e. The van der Waals surface area contributed by atoms with Crippen LogP contribution in [0.15, 0.2) is 36.4 Å². The van der Waals surface area contributed by atoms with Gasteiger partial charge in [0.1, 0.15) is 5.60 Å². The van der Waals surface area contributed by atoms with E-state index >= 15 is 0 Å². The lowest BCUT2D eigenvalue weighted by molar-refractivity contribution is -0.164. The molecule has 1 aromatic carbocycles. The lowest BCUT2D eigenvalue weighted by Crippen LogP contribution is -2.52. The summed E-state index contributed by atoms with van der Waals surface area (Å²) < 4.78 is 5.74. The van der Waals surface area contributed by atoms with Crippen LogP contribution in [0.3, 0.4) is 0 Å². The van der Waals surface area contributed by atoms with E-state index in [0.29, 0.717) is 19.4 Å². The van der Waals surface area contributed by atoms with Crippen LogP contribution in [0, 0.1) is 23.7 Å². The van der Waals surface area contributed by atoms with Crippen molar-refractivity contribution >= 4 is 23.9 Å². The molecule has 2 aromatic rings. The van der Waals surface area contributed by atoms with Crippen molar-refractivity contribution in [3.8, 4) is 0 Å². The second kappa shape index (κ2) is 14.4. The van der Waals surface area contributed by atoms with E-state index in [2.05, 4.69) is 26.0 Å². The molecule has 2 rings (SSSR count). The first-order chi connectivity index (χ1) is 17.9. The van der Waals surface area contributed by atoms with Gasteiger partial charge in [-0.1, -0.05) is 75.4 Å². The van der Waals surface area contributed by atoms with Crippen LogP contribution in [-0.2, 0) is 25.5 Å². The fourth-order valence-electron chi connectivity index (χ4n) is 3.96. The predicted molar refractivity (Wildman–Crippen MR) is 145 cm³/mol. The number of benzene rings is 1. The van der Waals surface area contributed by atoms with Crippen LogP contribution < -0.4 is 5.43 Å². The number of H-pyrrole nitrogens is 1. The molecule has 0 unspecified atom stereocenters. The third kappa shape index (κ3) is 10.8. The molecule has 0 saturated carbocycles. The van der Waals surface area contributed by atoms with Gasteiger partial charge in [0, 0.05) is 6.54 Å². The average molecular weight is 527 g/mol. The van der Waals surface area contributed by atoms with Crippen molar-refractivity contribution in [1.29, 1.82) is 0 Å². The highest BCUT2D eigenvalue weighted by molar-refractivity contribution is 5.88. The third-order valence-corrected chi connectivity index (χ3v) is 5.55. The Hall–Kier alpha value is -3.56. The number of rotatable bonds is 12. The van der Waals surface area contributed by atoms with Crippen molar-refractivity contribution in [1.82, 2.24) is 31.1 Å². The first-order valence-corrected chi connectivity index (χ1v) is 13.1. The van der Waals surface area contributed by atoms with Gasteiger partial charge >= 0.3 is 5.97 Å². The zero-order chi connectivity index (χ0) is 28.3. The predicted octanol–water partition coefficient (Wildman–Crippen LogP) is 3.98. The first-order valence-electron chi connectivity index (χ1n) is 13.1. The molecule has 0 fully saturated rings. The molecule has 2 atom stereocenters. The minimum absolute atomic E-state index is 0.0866. The zero-order valence-corrected chi connectivity index (χ0v) is 23.6. The Labute approximate surface area is 225 Å². The topological polar surface area (TPSA) is 130 Å². The van der Waals surface area contributed by atoms with Crippen LogP contribution in [0.2, 0.25) is 0 Å². The highest BCUT2D eigenvalue weighted by Gasteiger charge is 2.37. The van der Waals surface area contributed by atoms with Crippen LogP contribution in [0.1, 0.15) is 72.7 Å². The Morgan fingerprint density at radius 1 is 1.05 bits per heavy atom. The van der Waals surface area contributed by atoms with Crippen molar-refractivity contribution < 1.29 is 19.1 Å². The number of carbonyl (C=O) groups excluding carboxylic acids is 3. The van der Waals surface area contributed by atoms with Gasteiger partial charge in [0.05, 0.1) is 18.3 Å². The summed E-state index contributed by atoms with van der Waals surface area (Å²) in [6, 6.07) is 9.75. The van der Waals surface area contributed by atoms with E-state index < -0.39 is 29.3 Å². The number of nitrogens with one attached hydrogen (secondary N) is 2. The zero-order valence-electron chi connectivity index (χ0n) is 23.6. The maximum absolute atomic E-state index is 13.7. The monoisotopic (exact) mass is 526 g/mol. The van der Waals surface area contributed by atoms with Gasteiger partial charge in [-0.2, -0.15) is 5.21 Å². The highest BCUT2D eigenvalue weighted by Crippen LogP contribution is 2.28. The Morgan fingerprint density at radius 3 is 2.29 bits per heavy atom. The number of hydrazine groups is 1. The van der Waals surface area contributed by atoms with Crippen LogP contribution in [0.4, 0.5) is 0 Å². The minimum atomic E-state index is -0.732. The summed E-state index contributed by atoms with van der Waals surface area (Å²) in [6.45, 7) is 13.6. The number of allylic oxidation sites excluding steroid dienone is 1. The molecule has 1 heterocycles. The molecule has 0 aliphatic carbocycles. The van der Waals surface area contributed by atoms with E-state index in [-0.39, 0.29) is 30.0 Å². The van der Waals surface area contributed by atoms with Crippen molar-refractivity contribution in [2.45, 2.75) is 73.3 Å². The number of esters is 1. The molecular formula is C28H42N6O4. The fourth-order valence-corrected chi connectivity index (χ4v) is 3.96. The van der Waals surface area contributed by atoms with Gasteiger partial charge in [-0.15, -0.1) is 10.2 Å². The average Bonchev–Trinajstić information content (AvgIpc) is 3.32. The molecule has 0 aliphatic heterocycles. The van der Waals surface area contributed by atoms with Gasteiger partial charge in [-0.25, -0.2) is 0 Å². The van der Waals surface area contributed by atoms with Gasteiger partial charge in [-0.05, 0) is 51.0 Å². The number of aromatic nitrogens is 4. The first kappa shape index (κ1) is 30.7. The summed E-state index contributed by atoms with van der Waals surface area (Å²) >= 11 is 0. The van der Waals surface area contributed by atoms with E-state index in [4.69, 9.17) is 4.74 Å². The number of ether oxygens (including phenoxy) is 1. The molecule has 0 spiro atoms. The van der Waals surface area contributed by atoms with Gasteiger partial charge in [0.2, 0.25) is 11.8 Å². The molecule has 10 nitrogen and oxygen atoms in total. The molecule has 0 radical (unpaired) electrons. The Bertz CT molecular complexity index is 1050. The molecular weight excluding hydrogens is 484 g/mol. The summed E-state index contributed by atoms with van der Waals surface area (Å²) in [6.07, 6.45) is 4.48. The number of hydrogen-bond acceptors (Lipinski definition) is 7. The lowest BCUT2D eigenvalue weighted by atomic mass is 9.82. The Balaban J connectivity index is 2.32. The van der Waals surface area contributed by atoms with Crippen molar-refractivity contribution in [2.75, 3.05) is 6.54 Å². The van der Waals surface area contributed by atoms with Gasteiger partial charge in [0.25, 0.3) is 0 Å². The number of aromatic amines is 1. The number of nitrogens with zero attached hydrogens (tertiary/aromatic N) is 4. The van der Waals surface area contributed by atoms with E-state index in [1.54, 1.807) is 20.8 Å².